The molecule has 0 heterocycles. The molecular formula is C26H33ClN2O2S. The van der Waals surface area contributed by atoms with E-state index in [2.05, 4.69) is 5.32 Å². The molecule has 2 aromatic carbocycles. The molecule has 3 rings (SSSR count). The van der Waals surface area contributed by atoms with Gasteiger partial charge in [-0.3, -0.25) is 9.59 Å². The first kappa shape index (κ1) is 24.7. The fourth-order valence-electron chi connectivity index (χ4n) is 4.12. The molecule has 1 aliphatic carbocycles. The lowest BCUT2D eigenvalue weighted by molar-refractivity contribution is -0.139. The molecule has 0 spiro atoms. The third kappa shape index (κ3) is 7.01. The Kier molecular flexibility index (Phi) is 9.49. The third-order valence-corrected chi connectivity index (χ3v) is 7.34. The Morgan fingerprint density at radius 3 is 2.47 bits per heavy atom. The number of benzene rings is 2. The Morgan fingerprint density at radius 1 is 1.12 bits per heavy atom. The molecule has 2 aromatic rings. The van der Waals surface area contributed by atoms with E-state index in [9.17, 15) is 9.59 Å². The minimum Gasteiger partial charge on any atom is -0.352 e. The van der Waals surface area contributed by atoms with E-state index in [1.807, 2.05) is 62.4 Å². The van der Waals surface area contributed by atoms with Gasteiger partial charge in [0, 0.05) is 23.4 Å². The second kappa shape index (κ2) is 12.3. The van der Waals surface area contributed by atoms with Crippen LogP contribution in [0.3, 0.4) is 0 Å². The van der Waals surface area contributed by atoms with Crippen molar-refractivity contribution in [3.05, 3.63) is 70.2 Å². The fraction of sp³-hybridized carbons (Fsp3) is 0.462. The van der Waals surface area contributed by atoms with Gasteiger partial charge in [-0.1, -0.05) is 79.4 Å². The molecule has 0 radical (unpaired) electrons. The van der Waals surface area contributed by atoms with Gasteiger partial charge in [-0.05, 0) is 43.4 Å². The molecular weight excluding hydrogens is 440 g/mol. The molecule has 0 aromatic heterocycles. The molecule has 32 heavy (non-hydrogen) atoms. The van der Waals surface area contributed by atoms with Gasteiger partial charge in [-0.2, -0.15) is 0 Å². The van der Waals surface area contributed by atoms with Gasteiger partial charge in [-0.15, -0.1) is 11.8 Å². The van der Waals surface area contributed by atoms with Crippen LogP contribution in [0.1, 0.15) is 55.7 Å². The number of nitrogens with one attached hydrogen (secondary N) is 1. The lowest BCUT2D eigenvalue weighted by Gasteiger charge is -2.31. The molecule has 0 bridgehead atoms. The van der Waals surface area contributed by atoms with E-state index in [1.54, 1.807) is 4.90 Å². The fourth-order valence-corrected chi connectivity index (χ4v) is 5.32. The van der Waals surface area contributed by atoms with Crippen molar-refractivity contribution < 1.29 is 9.59 Å². The summed E-state index contributed by atoms with van der Waals surface area (Å²) in [7, 11) is 0. The Hall–Kier alpha value is -1.98. The van der Waals surface area contributed by atoms with Gasteiger partial charge in [-0.25, -0.2) is 0 Å². The van der Waals surface area contributed by atoms with Crippen molar-refractivity contribution in [2.24, 2.45) is 0 Å². The van der Waals surface area contributed by atoms with Crippen molar-refractivity contribution >= 4 is 35.2 Å². The minimum atomic E-state index is -0.467. The first-order chi connectivity index (χ1) is 15.5. The van der Waals surface area contributed by atoms with E-state index in [4.69, 9.17) is 11.6 Å². The number of halogens is 1. The standard InChI is InChI=1S/C26H33ClN2O2S/c1-3-24(26(31)28-22-9-5-6-10-22)29(16-20-14-12-19(2)13-15-20)25(30)18-32-17-21-8-4-7-11-23(21)27/h4,7-8,11-15,22,24H,3,5-6,9-10,16-18H2,1-2H3,(H,28,31)/t24-/m1/s1. The van der Waals surface area contributed by atoms with Crippen LogP contribution in [0, 0.1) is 6.92 Å². The molecule has 172 valence electrons. The first-order valence-electron chi connectivity index (χ1n) is 11.4. The molecule has 1 fully saturated rings. The smallest absolute Gasteiger partial charge is 0.243 e. The summed E-state index contributed by atoms with van der Waals surface area (Å²) in [4.78, 5) is 28.2. The average Bonchev–Trinajstić information content (AvgIpc) is 3.29. The van der Waals surface area contributed by atoms with Gasteiger partial charge >= 0.3 is 0 Å². The summed E-state index contributed by atoms with van der Waals surface area (Å²) < 4.78 is 0. The zero-order valence-electron chi connectivity index (χ0n) is 19.0. The lowest BCUT2D eigenvalue weighted by Crippen LogP contribution is -2.51. The Bertz CT molecular complexity index is 897. The zero-order chi connectivity index (χ0) is 22.9. The van der Waals surface area contributed by atoms with Gasteiger partial charge in [0.25, 0.3) is 0 Å². The molecule has 0 saturated heterocycles. The molecule has 1 N–H and O–H groups in total. The maximum absolute atomic E-state index is 13.3. The molecule has 0 unspecified atom stereocenters. The number of hydrogen-bond donors (Lipinski definition) is 1. The van der Waals surface area contributed by atoms with Crippen LogP contribution in [0.4, 0.5) is 0 Å². The quantitative estimate of drug-likeness (QED) is 0.479. The van der Waals surface area contributed by atoms with Crippen molar-refractivity contribution in [3.8, 4) is 0 Å². The van der Waals surface area contributed by atoms with E-state index in [1.165, 1.54) is 17.3 Å². The summed E-state index contributed by atoms with van der Waals surface area (Å²) in [5.74, 6) is 0.922. The Morgan fingerprint density at radius 2 is 1.81 bits per heavy atom. The number of carbonyl (C=O) groups is 2. The van der Waals surface area contributed by atoms with Crippen LogP contribution in [0.15, 0.2) is 48.5 Å². The Labute approximate surface area is 201 Å². The van der Waals surface area contributed by atoms with Gasteiger partial charge in [0.1, 0.15) is 6.04 Å². The van der Waals surface area contributed by atoms with E-state index < -0.39 is 6.04 Å². The number of carbonyl (C=O) groups excluding carboxylic acids is 2. The van der Waals surface area contributed by atoms with E-state index in [-0.39, 0.29) is 17.9 Å². The van der Waals surface area contributed by atoms with Gasteiger partial charge in [0.2, 0.25) is 11.8 Å². The van der Waals surface area contributed by atoms with Crippen molar-refractivity contribution in [1.29, 1.82) is 0 Å². The highest BCUT2D eigenvalue weighted by molar-refractivity contribution is 7.99. The second-order valence-corrected chi connectivity index (χ2v) is 9.90. The van der Waals surface area contributed by atoms with Crippen molar-refractivity contribution in [2.75, 3.05) is 5.75 Å². The van der Waals surface area contributed by atoms with Crippen LogP contribution in [0.25, 0.3) is 0 Å². The molecule has 1 aliphatic rings. The highest BCUT2D eigenvalue weighted by atomic mass is 35.5. The molecule has 1 saturated carbocycles. The SMILES string of the molecule is CC[C@H](C(=O)NC1CCCC1)N(Cc1ccc(C)cc1)C(=O)CSCc1ccccc1Cl. The van der Waals surface area contributed by atoms with Crippen molar-refractivity contribution in [2.45, 2.75) is 70.3 Å². The van der Waals surface area contributed by atoms with Crippen LogP contribution in [-0.4, -0.2) is 34.6 Å². The highest BCUT2D eigenvalue weighted by Crippen LogP contribution is 2.23. The van der Waals surface area contributed by atoms with Gasteiger partial charge in [0.15, 0.2) is 0 Å². The average molecular weight is 473 g/mol. The number of rotatable bonds is 10. The molecule has 1 atom stereocenters. The largest absolute Gasteiger partial charge is 0.352 e. The third-order valence-electron chi connectivity index (χ3n) is 6.00. The van der Waals surface area contributed by atoms with Crippen LogP contribution < -0.4 is 5.32 Å². The highest BCUT2D eigenvalue weighted by Gasteiger charge is 2.30. The topological polar surface area (TPSA) is 49.4 Å². The predicted octanol–water partition coefficient (Wildman–Crippen LogP) is 5.75. The van der Waals surface area contributed by atoms with Gasteiger partial charge in [0.05, 0.1) is 5.75 Å². The van der Waals surface area contributed by atoms with Crippen LogP contribution in [0.2, 0.25) is 5.02 Å². The van der Waals surface area contributed by atoms with Crippen LogP contribution in [0.5, 0.6) is 0 Å². The molecule has 6 heteroatoms. The van der Waals surface area contributed by atoms with Crippen molar-refractivity contribution in [1.82, 2.24) is 10.2 Å². The molecule has 4 nitrogen and oxygen atoms in total. The minimum absolute atomic E-state index is 0.0175. The number of aryl methyl sites for hydroxylation is 1. The number of amides is 2. The first-order valence-corrected chi connectivity index (χ1v) is 13.0. The lowest BCUT2D eigenvalue weighted by atomic mass is 10.1. The van der Waals surface area contributed by atoms with E-state index >= 15 is 0 Å². The maximum Gasteiger partial charge on any atom is 0.243 e. The zero-order valence-corrected chi connectivity index (χ0v) is 20.6. The predicted molar refractivity (Wildman–Crippen MR) is 134 cm³/mol. The number of hydrogen-bond acceptors (Lipinski definition) is 3. The van der Waals surface area contributed by atoms with Crippen LogP contribution >= 0.6 is 23.4 Å². The van der Waals surface area contributed by atoms with Crippen molar-refractivity contribution in [3.63, 3.8) is 0 Å². The van der Waals surface area contributed by atoms with Crippen LogP contribution in [-0.2, 0) is 21.9 Å². The Balaban J connectivity index is 1.70. The summed E-state index contributed by atoms with van der Waals surface area (Å²) in [5.41, 5.74) is 3.23. The normalized spacial score (nSPS) is 14.8. The molecule has 2 amide bonds. The summed E-state index contributed by atoms with van der Waals surface area (Å²) in [5, 5.41) is 3.91. The van der Waals surface area contributed by atoms with Gasteiger partial charge < -0.3 is 10.2 Å². The van der Waals surface area contributed by atoms with E-state index in [0.29, 0.717) is 29.5 Å². The van der Waals surface area contributed by atoms with E-state index in [0.717, 1.165) is 36.8 Å². The summed E-state index contributed by atoms with van der Waals surface area (Å²) >= 11 is 7.79. The maximum atomic E-state index is 13.3. The monoisotopic (exact) mass is 472 g/mol. The second-order valence-electron chi connectivity index (χ2n) is 8.51. The molecule has 0 aliphatic heterocycles. The number of nitrogens with zero attached hydrogens (tertiary/aromatic N) is 1. The number of thioether (sulfide) groups is 1. The summed E-state index contributed by atoms with van der Waals surface area (Å²) in [6.45, 7) is 4.45. The summed E-state index contributed by atoms with van der Waals surface area (Å²) in [6, 6.07) is 15.6. The summed E-state index contributed by atoms with van der Waals surface area (Å²) in [6.07, 6.45) is 4.97.